The lowest BCUT2D eigenvalue weighted by atomic mass is 10.2. The molecule has 0 aromatic heterocycles. The van der Waals surface area contributed by atoms with Gasteiger partial charge in [-0.15, -0.1) is 0 Å². The quantitative estimate of drug-likeness (QED) is 0.733. The van der Waals surface area contributed by atoms with Crippen LogP contribution in [0.4, 0.5) is 10.5 Å². The number of urea groups is 1. The van der Waals surface area contributed by atoms with Crippen LogP contribution in [0.15, 0.2) is 18.2 Å². The van der Waals surface area contributed by atoms with Gasteiger partial charge in [0.15, 0.2) is 11.5 Å². The molecule has 0 saturated carbocycles. The predicted molar refractivity (Wildman–Crippen MR) is 93.6 cm³/mol. The summed E-state index contributed by atoms with van der Waals surface area (Å²) >= 11 is 0. The third-order valence-electron chi connectivity index (χ3n) is 3.40. The predicted octanol–water partition coefficient (Wildman–Crippen LogP) is 2.95. The van der Waals surface area contributed by atoms with E-state index < -0.39 is 0 Å². The fourth-order valence-electron chi connectivity index (χ4n) is 2.12. The molecule has 0 radical (unpaired) electrons. The van der Waals surface area contributed by atoms with Crippen LogP contribution in [-0.2, 0) is 0 Å². The zero-order valence-electron chi connectivity index (χ0n) is 14.8. The maximum Gasteiger partial charge on any atom is 0.319 e. The minimum atomic E-state index is -0.237. The van der Waals surface area contributed by atoms with Gasteiger partial charge >= 0.3 is 6.03 Å². The number of benzene rings is 1. The van der Waals surface area contributed by atoms with Crippen molar-refractivity contribution in [3.8, 4) is 11.5 Å². The first-order valence-electron chi connectivity index (χ1n) is 8.10. The second-order valence-electron chi connectivity index (χ2n) is 5.49. The van der Waals surface area contributed by atoms with Gasteiger partial charge in [-0.3, -0.25) is 0 Å². The first kappa shape index (κ1) is 19.1. The first-order chi connectivity index (χ1) is 11.0. The van der Waals surface area contributed by atoms with E-state index in [2.05, 4.69) is 29.4 Å². The molecule has 0 saturated heterocycles. The highest BCUT2D eigenvalue weighted by molar-refractivity contribution is 5.89. The summed E-state index contributed by atoms with van der Waals surface area (Å²) in [6.07, 6.45) is 0. The summed E-state index contributed by atoms with van der Waals surface area (Å²) in [4.78, 5) is 14.1. The lowest BCUT2D eigenvalue weighted by molar-refractivity contribution is 0.217. The second kappa shape index (κ2) is 9.94. The minimum Gasteiger partial charge on any atom is -0.493 e. The van der Waals surface area contributed by atoms with Crippen LogP contribution in [0.3, 0.4) is 0 Å². The van der Waals surface area contributed by atoms with Crippen LogP contribution in [-0.4, -0.2) is 50.3 Å². The standard InChI is InChI=1S/C17H29N3O3/c1-6-20(7-2)10-11-23-16-12-14(8-9-15(16)22-5)19-17(21)18-13(3)4/h8-9,12-13H,6-7,10-11H2,1-5H3,(H2,18,19,21). The summed E-state index contributed by atoms with van der Waals surface area (Å²) in [5, 5.41) is 5.57. The smallest absolute Gasteiger partial charge is 0.319 e. The Balaban J connectivity index is 2.69. The van der Waals surface area contributed by atoms with Crippen molar-refractivity contribution in [2.45, 2.75) is 33.7 Å². The van der Waals surface area contributed by atoms with Crippen LogP contribution in [0, 0.1) is 0 Å². The zero-order chi connectivity index (χ0) is 17.2. The maximum absolute atomic E-state index is 11.8. The largest absolute Gasteiger partial charge is 0.493 e. The van der Waals surface area contributed by atoms with Crippen molar-refractivity contribution in [1.82, 2.24) is 10.2 Å². The van der Waals surface area contributed by atoms with Crippen molar-refractivity contribution in [1.29, 1.82) is 0 Å². The van der Waals surface area contributed by atoms with Crippen LogP contribution < -0.4 is 20.1 Å². The van der Waals surface area contributed by atoms with Gasteiger partial charge in [0.2, 0.25) is 0 Å². The van der Waals surface area contributed by atoms with Gasteiger partial charge in [0.25, 0.3) is 0 Å². The molecule has 6 heteroatoms. The molecule has 0 aliphatic rings. The highest BCUT2D eigenvalue weighted by Gasteiger charge is 2.09. The molecule has 1 aromatic carbocycles. The molecule has 1 rings (SSSR count). The molecule has 6 nitrogen and oxygen atoms in total. The summed E-state index contributed by atoms with van der Waals surface area (Å²) < 4.78 is 11.1. The summed E-state index contributed by atoms with van der Waals surface area (Å²) in [7, 11) is 1.60. The van der Waals surface area contributed by atoms with E-state index in [0.29, 0.717) is 23.8 Å². The minimum absolute atomic E-state index is 0.0815. The van der Waals surface area contributed by atoms with Gasteiger partial charge in [0.05, 0.1) is 7.11 Å². The van der Waals surface area contributed by atoms with Gasteiger partial charge in [-0.05, 0) is 39.1 Å². The van der Waals surface area contributed by atoms with Crippen LogP contribution in [0.5, 0.6) is 11.5 Å². The highest BCUT2D eigenvalue weighted by atomic mass is 16.5. The molecule has 130 valence electrons. The Morgan fingerprint density at radius 1 is 1.22 bits per heavy atom. The van der Waals surface area contributed by atoms with Crippen molar-refractivity contribution < 1.29 is 14.3 Å². The van der Waals surface area contributed by atoms with Gasteiger partial charge in [0, 0.05) is 24.3 Å². The molecule has 0 aliphatic heterocycles. The van der Waals surface area contributed by atoms with Gasteiger partial charge < -0.3 is 25.0 Å². The fraction of sp³-hybridized carbons (Fsp3) is 0.588. The van der Waals surface area contributed by atoms with Gasteiger partial charge in [-0.1, -0.05) is 13.8 Å². The van der Waals surface area contributed by atoms with Crippen molar-refractivity contribution in [3.63, 3.8) is 0 Å². The molecule has 2 amide bonds. The Labute approximate surface area is 139 Å². The number of hydrogen-bond acceptors (Lipinski definition) is 4. The molecule has 0 bridgehead atoms. The van der Waals surface area contributed by atoms with Gasteiger partial charge in [0.1, 0.15) is 6.61 Å². The van der Waals surface area contributed by atoms with E-state index >= 15 is 0 Å². The topological polar surface area (TPSA) is 62.8 Å². The van der Waals surface area contributed by atoms with Crippen LogP contribution in [0.25, 0.3) is 0 Å². The average molecular weight is 323 g/mol. The monoisotopic (exact) mass is 323 g/mol. The molecule has 0 atom stereocenters. The first-order valence-corrected chi connectivity index (χ1v) is 8.10. The molecule has 0 unspecified atom stereocenters. The number of carbonyl (C=O) groups is 1. The van der Waals surface area contributed by atoms with Crippen molar-refractivity contribution >= 4 is 11.7 Å². The molecule has 0 heterocycles. The highest BCUT2D eigenvalue weighted by Crippen LogP contribution is 2.30. The normalized spacial score (nSPS) is 10.7. The van der Waals surface area contributed by atoms with Crippen LogP contribution in [0.2, 0.25) is 0 Å². The van der Waals surface area contributed by atoms with Crippen molar-refractivity contribution in [3.05, 3.63) is 18.2 Å². The van der Waals surface area contributed by atoms with E-state index in [-0.39, 0.29) is 12.1 Å². The van der Waals surface area contributed by atoms with Crippen LogP contribution >= 0.6 is 0 Å². The number of amides is 2. The number of likely N-dealkylation sites (N-methyl/N-ethyl adjacent to an activating group) is 1. The van der Waals surface area contributed by atoms with Gasteiger partial charge in [-0.25, -0.2) is 4.79 Å². The van der Waals surface area contributed by atoms with Crippen molar-refractivity contribution in [2.75, 3.05) is 38.7 Å². The van der Waals surface area contributed by atoms with E-state index in [1.165, 1.54) is 0 Å². The zero-order valence-corrected chi connectivity index (χ0v) is 14.8. The summed E-state index contributed by atoms with van der Waals surface area (Å²) in [6, 6.07) is 5.20. The Hall–Kier alpha value is -1.95. The lowest BCUT2D eigenvalue weighted by Gasteiger charge is -2.19. The maximum atomic E-state index is 11.8. The Morgan fingerprint density at radius 2 is 1.91 bits per heavy atom. The number of methoxy groups -OCH3 is 1. The Morgan fingerprint density at radius 3 is 2.48 bits per heavy atom. The van der Waals surface area contributed by atoms with Crippen molar-refractivity contribution in [2.24, 2.45) is 0 Å². The molecule has 0 spiro atoms. The van der Waals surface area contributed by atoms with E-state index in [9.17, 15) is 4.79 Å². The molecule has 23 heavy (non-hydrogen) atoms. The van der Waals surface area contributed by atoms with E-state index in [4.69, 9.17) is 9.47 Å². The van der Waals surface area contributed by atoms with Crippen LogP contribution in [0.1, 0.15) is 27.7 Å². The third kappa shape index (κ3) is 6.78. The molecular weight excluding hydrogens is 294 g/mol. The summed E-state index contributed by atoms with van der Waals surface area (Å²) in [6.45, 7) is 11.5. The molecular formula is C17H29N3O3. The lowest BCUT2D eigenvalue weighted by Crippen LogP contribution is -2.34. The number of carbonyl (C=O) groups excluding carboxylic acids is 1. The average Bonchev–Trinajstić information content (AvgIpc) is 2.51. The molecule has 1 aromatic rings. The fourth-order valence-corrected chi connectivity index (χ4v) is 2.12. The number of anilines is 1. The second-order valence-corrected chi connectivity index (χ2v) is 5.49. The SMILES string of the molecule is CCN(CC)CCOc1cc(NC(=O)NC(C)C)ccc1OC. The summed E-state index contributed by atoms with van der Waals surface area (Å²) in [5.74, 6) is 1.28. The third-order valence-corrected chi connectivity index (χ3v) is 3.40. The number of ether oxygens (including phenoxy) is 2. The van der Waals surface area contributed by atoms with Gasteiger partial charge in [-0.2, -0.15) is 0 Å². The Kier molecular flexibility index (Phi) is 8.26. The summed E-state index contributed by atoms with van der Waals surface area (Å²) in [5.41, 5.74) is 0.668. The van der Waals surface area contributed by atoms with E-state index in [1.807, 2.05) is 13.8 Å². The van der Waals surface area contributed by atoms with E-state index in [1.54, 1.807) is 25.3 Å². The molecule has 0 aliphatic carbocycles. The number of nitrogens with zero attached hydrogens (tertiary/aromatic N) is 1. The molecule has 0 fully saturated rings. The molecule has 2 N–H and O–H groups in total. The Bertz CT molecular complexity index is 488. The number of nitrogens with one attached hydrogen (secondary N) is 2. The van der Waals surface area contributed by atoms with E-state index in [0.717, 1.165) is 19.6 Å². The number of rotatable bonds is 9. The number of hydrogen-bond donors (Lipinski definition) is 2.